The smallest absolute Gasteiger partial charge is 0.135 e. The van der Waals surface area contributed by atoms with Crippen LogP contribution in [0.3, 0.4) is 0 Å². The second kappa shape index (κ2) is 5.84. The number of rotatable bonds is 3. The van der Waals surface area contributed by atoms with Gasteiger partial charge in [0.1, 0.15) is 11.5 Å². The first-order valence-corrected chi connectivity index (χ1v) is 7.13. The van der Waals surface area contributed by atoms with Gasteiger partial charge < -0.3 is 4.74 Å². The summed E-state index contributed by atoms with van der Waals surface area (Å²) in [6, 6.07) is 24.6. The molecular formula is C20H18O. The van der Waals surface area contributed by atoms with Crippen molar-refractivity contribution in [1.29, 1.82) is 0 Å². The second-order valence-corrected chi connectivity index (χ2v) is 5.23. The predicted octanol–water partition coefficient (Wildman–Crippen LogP) is 5.76. The lowest BCUT2D eigenvalue weighted by atomic mass is 9.98. The quantitative estimate of drug-likeness (QED) is 0.589. The Hall–Kier alpha value is -2.54. The summed E-state index contributed by atoms with van der Waals surface area (Å²) in [6.45, 7) is 4.25. The van der Waals surface area contributed by atoms with Crippen LogP contribution in [0.4, 0.5) is 0 Å². The van der Waals surface area contributed by atoms with Crippen molar-refractivity contribution < 1.29 is 4.74 Å². The monoisotopic (exact) mass is 274 g/mol. The van der Waals surface area contributed by atoms with Crippen LogP contribution in [0.2, 0.25) is 0 Å². The number of aryl methyl sites for hydroxylation is 2. The van der Waals surface area contributed by atoms with Crippen LogP contribution in [0, 0.1) is 13.8 Å². The summed E-state index contributed by atoms with van der Waals surface area (Å²) in [4.78, 5) is 0. The molecule has 3 rings (SSSR count). The lowest BCUT2D eigenvalue weighted by Gasteiger charge is -2.13. The van der Waals surface area contributed by atoms with Gasteiger partial charge in [0.2, 0.25) is 0 Å². The Morgan fingerprint density at radius 2 is 1.38 bits per heavy atom. The summed E-state index contributed by atoms with van der Waals surface area (Å²) in [5.41, 5.74) is 4.86. The van der Waals surface area contributed by atoms with Gasteiger partial charge >= 0.3 is 0 Å². The molecule has 21 heavy (non-hydrogen) atoms. The first kappa shape index (κ1) is 13.4. The van der Waals surface area contributed by atoms with Crippen LogP contribution in [-0.4, -0.2) is 0 Å². The van der Waals surface area contributed by atoms with Crippen molar-refractivity contribution in [2.75, 3.05) is 0 Å². The molecule has 3 aromatic rings. The van der Waals surface area contributed by atoms with Gasteiger partial charge in [-0.3, -0.25) is 0 Å². The number of benzene rings is 3. The third-order valence-electron chi connectivity index (χ3n) is 3.54. The molecule has 104 valence electrons. The fraction of sp³-hybridized carbons (Fsp3) is 0.100. The van der Waals surface area contributed by atoms with E-state index in [1.165, 1.54) is 16.7 Å². The summed E-state index contributed by atoms with van der Waals surface area (Å²) >= 11 is 0. The van der Waals surface area contributed by atoms with Gasteiger partial charge in [0.25, 0.3) is 0 Å². The van der Waals surface area contributed by atoms with E-state index in [1.54, 1.807) is 0 Å². The van der Waals surface area contributed by atoms with E-state index in [9.17, 15) is 0 Å². The van der Waals surface area contributed by atoms with E-state index < -0.39 is 0 Å². The zero-order valence-corrected chi connectivity index (χ0v) is 12.3. The highest BCUT2D eigenvalue weighted by Gasteiger charge is 2.09. The topological polar surface area (TPSA) is 9.23 Å². The average Bonchev–Trinajstić information content (AvgIpc) is 2.51. The minimum atomic E-state index is 0.857. The molecule has 0 spiro atoms. The molecule has 1 nitrogen and oxygen atoms in total. The lowest BCUT2D eigenvalue weighted by molar-refractivity contribution is 0.484. The van der Waals surface area contributed by atoms with Crippen molar-refractivity contribution in [3.05, 3.63) is 83.9 Å². The largest absolute Gasteiger partial charge is 0.457 e. The summed E-state index contributed by atoms with van der Waals surface area (Å²) in [5, 5.41) is 0. The van der Waals surface area contributed by atoms with Crippen molar-refractivity contribution >= 4 is 0 Å². The Morgan fingerprint density at radius 1 is 0.667 bits per heavy atom. The zero-order valence-electron chi connectivity index (χ0n) is 12.3. The Morgan fingerprint density at radius 3 is 2.19 bits per heavy atom. The maximum atomic E-state index is 6.06. The molecule has 0 atom stereocenters. The van der Waals surface area contributed by atoms with Crippen LogP contribution >= 0.6 is 0 Å². The molecular weight excluding hydrogens is 256 g/mol. The Bertz CT molecular complexity index is 745. The van der Waals surface area contributed by atoms with Gasteiger partial charge in [0.15, 0.2) is 0 Å². The van der Waals surface area contributed by atoms with Gasteiger partial charge in [-0.25, -0.2) is 0 Å². The average molecular weight is 274 g/mol. The van der Waals surface area contributed by atoms with Crippen LogP contribution < -0.4 is 4.74 Å². The first-order chi connectivity index (χ1) is 10.2. The third kappa shape index (κ3) is 2.97. The van der Waals surface area contributed by atoms with Crippen molar-refractivity contribution in [1.82, 2.24) is 0 Å². The highest BCUT2D eigenvalue weighted by molar-refractivity contribution is 5.74. The van der Waals surface area contributed by atoms with E-state index >= 15 is 0 Å². The maximum absolute atomic E-state index is 6.06. The van der Waals surface area contributed by atoms with E-state index in [2.05, 4.69) is 44.2 Å². The molecule has 0 saturated carbocycles. The van der Waals surface area contributed by atoms with Gasteiger partial charge in [0, 0.05) is 5.56 Å². The normalized spacial score (nSPS) is 10.4. The van der Waals surface area contributed by atoms with Crippen LogP contribution in [0.25, 0.3) is 11.1 Å². The SMILES string of the molecule is Cc1ccc(C)c(-c2ccccc2Oc2ccccc2)c1. The van der Waals surface area contributed by atoms with Crippen molar-refractivity contribution in [3.63, 3.8) is 0 Å². The highest BCUT2D eigenvalue weighted by atomic mass is 16.5. The molecule has 0 bridgehead atoms. The second-order valence-electron chi connectivity index (χ2n) is 5.23. The molecule has 0 unspecified atom stereocenters. The molecule has 0 aromatic heterocycles. The standard InChI is InChI=1S/C20H18O/c1-15-12-13-16(2)19(14-15)18-10-6-7-11-20(18)21-17-8-4-3-5-9-17/h3-14H,1-2H3. The molecule has 0 amide bonds. The zero-order chi connectivity index (χ0) is 14.7. The molecule has 0 aliphatic rings. The molecule has 1 heteroatoms. The van der Waals surface area contributed by atoms with Crippen molar-refractivity contribution in [2.45, 2.75) is 13.8 Å². The maximum Gasteiger partial charge on any atom is 0.135 e. The Kier molecular flexibility index (Phi) is 3.74. The van der Waals surface area contributed by atoms with Gasteiger partial charge in [-0.1, -0.05) is 60.2 Å². The molecule has 0 radical (unpaired) electrons. The minimum Gasteiger partial charge on any atom is -0.457 e. The van der Waals surface area contributed by atoms with E-state index in [4.69, 9.17) is 4.74 Å². The molecule has 3 aromatic carbocycles. The Balaban J connectivity index is 2.06. The van der Waals surface area contributed by atoms with Crippen LogP contribution in [0.5, 0.6) is 11.5 Å². The highest BCUT2D eigenvalue weighted by Crippen LogP contribution is 2.35. The molecule has 0 saturated heterocycles. The first-order valence-electron chi connectivity index (χ1n) is 7.13. The predicted molar refractivity (Wildman–Crippen MR) is 87.9 cm³/mol. The van der Waals surface area contributed by atoms with Gasteiger partial charge in [-0.05, 0) is 43.2 Å². The van der Waals surface area contributed by atoms with Gasteiger partial charge in [-0.2, -0.15) is 0 Å². The molecule has 0 aliphatic heterocycles. The fourth-order valence-corrected chi connectivity index (χ4v) is 2.42. The van der Waals surface area contributed by atoms with Gasteiger partial charge in [0.05, 0.1) is 0 Å². The summed E-state index contributed by atoms with van der Waals surface area (Å²) in [7, 11) is 0. The summed E-state index contributed by atoms with van der Waals surface area (Å²) < 4.78 is 6.06. The summed E-state index contributed by atoms with van der Waals surface area (Å²) in [6.07, 6.45) is 0. The lowest BCUT2D eigenvalue weighted by Crippen LogP contribution is -1.90. The van der Waals surface area contributed by atoms with Crippen molar-refractivity contribution in [2.24, 2.45) is 0 Å². The fourth-order valence-electron chi connectivity index (χ4n) is 2.42. The van der Waals surface area contributed by atoms with Crippen LogP contribution in [-0.2, 0) is 0 Å². The van der Waals surface area contributed by atoms with E-state index in [0.717, 1.165) is 17.1 Å². The molecule has 0 aliphatic carbocycles. The van der Waals surface area contributed by atoms with Gasteiger partial charge in [-0.15, -0.1) is 0 Å². The Labute approximate surface area is 125 Å². The van der Waals surface area contributed by atoms with E-state index in [1.807, 2.05) is 42.5 Å². The van der Waals surface area contributed by atoms with Crippen molar-refractivity contribution in [3.8, 4) is 22.6 Å². The van der Waals surface area contributed by atoms with Crippen LogP contribution in [0.15, 0.2) is 72.8 Å². The molecule has 0 fully saturated rings. The molecule has 0 heterocycles. The number of ether oxygens (including phenoxy) is 1. The van der Waals surface area contributed by atoms with E-state index in [0.29, 0.717) is 0 Å². The van der Waals surface area contributed by atoms with E-state index in [-0.39, 0.29) is 0 Å². The molecule has 0 N–H and O–H groups in total. The number of para-hydroxylation sites is 2. The third-order valence-corrected chi connectivity index (χ3v) is 3.54. The minimum absolute atomic E-state index is 0.857. The van der Waals surface area contributed by atoms with Crippen LogP contribution in [0.1, 0.15) is 11.1 Å². The number of hydrogen-bond acceptors (Lipinski definition) is 1. The summed E-state index contributed by atoms with van der Waals surface area (Å²) in [5.74, 6) is 1.74. The number of hydrogen-bond donors (Lipinski definition) is 0.